The molecular weight excluding hydrogens is 200 g/mol. The predicted molar refractivity (Wildman–Crippen MR) is 63.7 cm³/mol. The average molecular weight is 210 g/mol. The van der Waals surface area contributed by atoms with Gasteiger partial charge >= 0.3 is 0 Å². The zero-order valence-corrected chi connectivity index (χ0v) is 8.56. The molecule has 2 aromatic rings. The normalized spacial score (nSPS) is 11.2. The summed E-state index contributed by atoms with van der Waals surface area (Å²) in [5, 5.41) is 7.76. The van der Waals surface area contributed by atoms with Crippen LogP contribution in [-0.2, 0) is 0 Å². The highest BCUT2D eigenvalue weighted by molar-refractivity contribution is 5.79. The fraction of sp³-hybridized carbons (Fsp3) is 0. The van der Waals surface area contributed by atoms with E-state index in [4.69, 9.17) is 0 Å². The molecule has 0 radical (unpaired) electrons. The summed E-state index contributed by atoms with van der Waals surface area (Å²) in [6.45, 7) is 0. The third-order valence-corrected chi connectivity index (χ3v) is 1.82. The topological polar surface area (TPSA) is 50.5 Å². The quantitative estimate of drug-likeness (QED) is 0.574. The fourth-order valence-electron chi connectivity index (χ4n) is 1.09. The largest absolute Gasteiger partial charge is 0.255 e. The van der Waals surface area contributed by atoms with Crippen molar-refractivity contribution in [3.05, 3.63) is 60.2 Å². The maximum Gasteiger partial charge on any atom is 0.0831 e. The van der Waals surface area contributed by atoms with Crippen molar-refractivity contribution in [1.82, 2.24) is 9.97 Å². The molecular formula is C12H10N4. The third-order valence-electron chi connectivity index (χ3n) is 1.82. The highest BCUT2D eigenvalue weighted by Gasteiger charge is 1.85. The van der Waals surface area contributed by atoms with E-state index in [1.165, 1.54) is 0 Å². The maximum absolute atomic E-state index is 4.08. The van der Waals surface area contributed by atoms with Crippen LogP contribution in [0.5, 0.6) is 0 Å². The second kappa shape index (κ2) is 5.50. The molecule has 16 heavy (non-hydrogen) atoms. The first-order valence-electron chi connectivity index (χ1n) is 4.83. The Hall–Kier alpha value is -2.36. The van der Waals surface area contributed by atoms with E-state index in [-0.39, 0.29) is 0 Å². The summed E-state index contributed by atoms with van der Waals surface area (Å²) in [6.07, 6.45) is 6.62. The first-order valence-corrected chi connectivity index (χ1v) is 4.83. The molecule has 0 atom stereocenters. The monoisotopic (exact) mass is 210 g/mol. The molecule has 78 valence electrons. The molecule has 0 amide bonds. The molecule has 0 unspecified atom stereocenters. The Labute approximate surface area is 93.4 Å². The van der Waals surface area contributed by atoms with Crippen molar-refractivity contribution in [2.75, 3.05) is 0 Å². The van der Waals surface area contributed by atoms with Gasteiger partial charge < -0.3 is 0 Å². The summed E-state index contributed by atoms with van der Waals surface area (Å²) < 4.78 is 0. The Balaban J connectivity index is 1.98. The second-order valence-electron chi connectivity index (χ2n) is 3.00. The van der Waals surface area contributed by atoms with Crippen LogP contribution in [0.4, 0.5) is 0 Å². The van der Waals surface area contributed by atoms with E-state index in [2.05, 4.69) is 20.2 Å². The van der Waals surface area contributed by atoms with Gasteiger partial charge in [0.15, 0.2) is 0 Å². The minimum Gasteiger partial charge on any atom is -0.255 e. The van der Waals surface area contributed by atoms with E-state index < -0.39 is 0 Å². The van der Waals surface area contributed by atoms with Gasteiger partial charge in [0.25, 0.3) is 0 Å². The van der Waals surface area contributed by atoms with Crippen molar-refractivity contribution in [2.45, 2.75) is 0 Å². The van der Waals surface area contributed by atoms with E-state index in [1.54, 1.807) is 24.8 Å². The molecule has 4 heteroatoms. The number of nitrogens with zero attached hydrogens (tertiary/aromatic N) is 4. The molecule has 0 aliphatic heterocycles. The molecule has 0 aromatic carbocycles. The van der Waals surface area contributed by atoms with Crippen LogP contribution in [0.25, 0.3) is 0 Å². The van der Waals surface area contributed by atoms with Crippen molar-refractivity contribution in [3.8, 4) is 0 Å². The molecule has 2 aromatic heterocycles. The van der Waals surface area contributed by atoms with E-state index in [0.29, 0.717) is 0 Å². The highest BCUT2D eigenvalue weighted by Crippen LogP contribution is 1.90. The number of hydrogen-bond acceptors (Lipinski definition) is 4. The highest BCUT2D eigenvalue weighted by atomic mass is 15.2. The number of pyridine rings is 2. The fourth-order valence-corrected chi connectivity index (χ4v) is 1.09. The van der Waals surface area contributed by atoms with Gasteiger partial charge in [0, 0.05) is 12.4 Å². The second-order valence-corrected chi connectivity index (χ2v) is 3.00. The molecule has 0 bridgehead atoms. The van der Waals surface area contributed by atoms with Crippen molar-refractivity contribution < 1.29 is 0 Å². The Morgan fingerprint density at radius 2 is 1.25 bits per heavy atom. The smallest absolute Gasteiger partial charge is 0.0831 e. The third kappa shape index (κ3) is 3.09. The lowest BCUT2D eigenvalue weighted by atomic mass is 10.4. The molecule has 4 nitrogen and oxygen atoms in total. The van der Waals surface area contributed by atoms with Crippen molar-refractivity contribution >= 4 is 12.4 Å². The van der Waals surface area contributed by atoms with Gasteiger partial charge in [-0.2, -0.15) is 10.2 Å². The summed E-state index contributed by atoms with van der Waals surface area (Å²) in [4.78, 5) is 8.17. The molecule has 0 N–H and O–H groups in total. The summed E-state index contributed by atoms with van der Waals surface area (Å²) in [5.41, 5.74) is 1.56. The summed E-state index contributed by atoms with van der Waals surface area (Å²) in [5.74, 6) is 0. The van der Waals surface area contributed by atoms with Crippen LogP contribution in [0.15, 0.2) is 59.0 Å². The number of hydrogen-bond donors (Lipinski definition) is 0. The molecule has 0 saturated heterocycles. The van der Waals surface area contributed by atoms with Crippen LogP contribution in [0.1, 0.15) is 11.4 Å². The minimum absolute atomic E-state index is 0.778. The zero-order valence-electron chi connectivity index (χ0n) is 8.56. The van der Waals surface area contributed by atoms with Crippen LogP contribution >= 0.6 is 0 Å². The van der Waals surface area contributed by atoms with Crippen molar-refractivity contribution in [1.29, 1.82) is 0 Å². The van der Waals surface area contributed by atoms with Crippen molar-refractivity contribution in [2.24, 2.45) is 10.2 Å². The molecule has 2 rings (SSSR count). The van der Waals surface area contributed by atoms with Crippen LogP contribution < -0.4 is 0 Å². The Bertz CT molecular complexity index is 429. The maximum atomic E-state index is 4.08. The lowest BCUT2D eigenvalue weighted by Gasteiger charge is -1.88. The van der Waals surface area contributed by atoms with E-state index in [0.717, 1.165) is 11.4 Å². The number of aromatic nitrogens is 2. The lowest BCUT2D eigenvalue weighted by molar-refractivity contribution is 1.22. The van der Waals surface area contributed by atoms with Gasteiger partial charge in [-0.1, -0.05) is 12.1 Å². The molecule has 0 aliphatic carbocycles. The van der Waals surface area contributed by atoms with Gasteiger partial charge in [-0.3, -0.25) is 9.97 Å². The van der Waals surface area contributed by atoms with Gasteiger partial charge in [0.1, 0.15) is 0 Å². The van der Waals surface area contributed by atoms with Crippen LogP contribution in [0, 0.1) is 0 Å². The SMILES string of the molecule is C(=N/N=C\c1ccccn1)c1ccccn1. The Kier molecular flexibility index (Phi) is 3.50. The van der Waals surface area contributed by atoms with Crippen molar-refractivity contribution in [3.63, 3.8) is 0 Å². The molecule has 2 heterocycles. The van der Waals surface area contributed by atoms with E-state index in [9.17, 15) is 0 Å². The molecule has 0 spiro atoms. The average Bonchev–Trinajstić information content (AvgIpc) is 2.37. The molecule has 0 saturated carbocycles. The lowest BCUT2D eigenvalue weighted by Crippen LogP contribution is -1.85. The standard InChI is InChI=1S/C12H10N4/c1-3-7-13-11(5-1)9-15-16-10-12-6-2-4-8-14-12/h1-10H/b15-9-,16-10?. The minimum atomic E-state index is 0.778. The Morgan fingerprint density at radius 1 is 0.750 bits per heavy atom. The van der Waals surface area contributed by atoms with Gasteiger partial charge in [0.05, 0.1) is 23.8 Å². The molecule has 0 fully saturated rings. The predicted octanol–water partition coefficient (Wildman–Crippen LogP) is 1.93. The van der Waals surface area contributed by atoms with Gasteiger partial charge in [-0.15, -0.1) is 0 Å². The molecule has 0 aliphatic rings. The van der Waals surface area contributed by atoms with Gasteiger partial charge in [-0.05, 0) is 24.3 Å². The number of rotatable bonds is 3. The van der Waals surface area contributed by atoms with E-state index in [1.807, 2.05) is 36.4 Å². The van der Waals surface area contributed by atoms with Crippen LogP contribution in [0.3, 0.4) is 0 Å². The van der Waals surface area contributed by atoms with Crippen LogP contribution in [0.2, 0.25) is 0 Å². The summed E-state index contributed by atoms with van der Waals surface area (Å²) >= 11 is 0. The first kappa shape index (κ1) is 10.2. The van der Waals surface area contributed by atoms with Crippen LogP contribution in [-0.4, -0.2) is 22.4 Å². The zero-order chi connectivity index (χ0) is 11.1. The summed E-state index contributed by atoms with van der Waals surface area (Å²) in [6, 6.07) is 11.2. The summed E-state index contributed by atoms with van der Waals surface area (Å²) in [7, 11) is 0. The van der Waals surface area contributed by atoms with Gasteiger partial charge in [-0.25, -0.2) is 0 Å². The Morgan fingerprint density at radius 3 is 1.62 bits per heavy atom. The van der Waals surface area contributed by atoms with E-state index >= 15 is 0 Å². The first-order chi connectivity index (χ1) is 7.95. The van der Waals surface area contributed by atoms with Gasteiger partial charge in [0.2, 0.25) is 0 Å².